The first-order valence-corrected chi connectivity index (χ1v) is 9.81. The Morgan fingerprint density at radius 1 is 1.23 bits per heavy atom. The molecule has 3 aromatic rings. The molecule has 13 heteroatoms. The number of benzene rings is 1. The van der Waals surface area contributed by atoms with Crippen molar-refractivity contribution in [2.45, 2.75) is 20.1 Å². The van der Waals surface area contributed by atoms with Gasteiger partial charge in [0.2, 0.25) is 0 Å². The number of hydrogen-bond donors (Lipinski definition) is 0. The number of phosphoric ester groups is 1. The van der Waals surface area contributed by atoms with E-state index in [1.165, 1.54) is 23.1 Å². The molecular weight excluding hydrogens is 438 g/mol. The summed E-state index contributed by atoms with van der Waals surface area (Å²) in [4.78, 5) is 34.9. The van der Waals surface area contributed by atoms with E-state index in [2.05, 4.69) is 9.62 Å². The molecule has 0 aliphatic rings. The van der Waals surface area contributed by atoms with Crippen molar-refractivity contribution in [2.75, 3.05) is 6.61 Å². The number of phosphoric acid groups is 1. The average Bonchev–Trinajstić information content (AvgIpc) is 3.05. The van der Waals surface area contributed by atoms with Gasteiger partial charge in [0, 0.05) is 30.6 Å². The number of fused-ring (bicyclic) bond motifs is 1. The van der Waals surface area contributed by atoms with E-state index in [-0.39, 0.29) is 81.3 Å². The second-order valence-corrected chi connectivity index (χ2v) is 7.22. The number of pyridine rings is 1. The van der Waals surface area contributed by atoms with Crippen molar-refractivity contribution in [2.24, 2.45) is 7.05 Å². The molecule has 0 spiro atoms. The molecule has 0 unspecified atom stereocenters. The van der Waals surface area contributed by atoms with Crippen LogP contribution in [0, 0.1) is 5.82 Å². The van der Waals surface area contributed by atoms with E-state index in [0.29, 0.717) is 18.6 Å². The van der Waals surface area contributed by atoms with Crippen molar-refractivity contribution in [3.63, 3.8) is 0 Å². The molecule has 1 aromatic carbocycles. The second kappa shape index (κ2) is 11.4. The van der Waals surface area contributed by atoms with Crippen LogP contribution in [0.5, 0.6) is 5.75 Å². The molecule has 0 atom stereocenters. The van der Waals surface area contributed by atoms with E-state index in [4.69, 9.17) is 4.74 Å². The number of ether oxygens (including phenoxy) is 1. The third kappa shape index (κ3) is 6.26. The van der Waals surface area contributed by atoms with E-state index in [0.717, 1.165) is 10.6 Å². The molecule has 150 valence electrons. The minimum atomic E-state index is -5.30. The molecule has 3 rings (SSSR count). The first kappa shape index (κ1) is 27.5. The summed E-state index contributed by atoms with van der Waals surface area (Å²) in [5.41, 5.74) is -0.150. The maximum atomic E-state index is 14.6. The Morgan fingerprint density at radius 2 is 1.93 bits per heavy atom. The Labute approximate surface area is 216 Å². The van der Waals surface area contributed by atoms with E-state index in [1.54, 1.807) is 13.2 Å². The zero-order chi connectivity index (χ0) is 20.5. The van der Waals surface area contributed by atoms with Crippen LogP contribution in [0.1, 0.15) is 13.3 Å². The minimum absolute atomic E-state index is 0. The molecule has 0 radical (unpaired) electrons. The van der Waals surface area contributed by atoms with E-state index < -0.39 is 25.8 Å². The van der Waals surface area contributed by atoms with Crippen LogP contribution in [0.2, 0.25) is 0 Å². The van der Waals surface area contributed by atoms with Gasteiger partial charge in [-0.15, -0.1) is 0 Å². The molecule has 0 aliphatic carbocycles. The van der Waals surface area contributed by atoms with Crippen molar-refractivity contribution in [3.8, 4) is 16.9 Å². The number of aromatic nitrogens is 3. The van der Waals surface area contributed by atoms with Crippen LogP contribution in [0.4, 0.5) is 4.39 Å². The minimum Gasteiger partial charge on any atom is -0.790 e. The summed E-state index contributed by atoms with van der Waals surface area (Å²) in [7, 11) is -3.65. The summed E-state index contributed by atoms with van der Waals surface area (Å²) >= 11 is 0. The number of hydrogen-bond acceptors (Lipinski definition) is 7. The van der Waals surface area contributed by atoms with Gasteiger partial charge in [0.25, 0.3) is 0 Å². The molecule has 0 bridgehead atoms. The van der Waals surface area contributed by atoms with Gasteiger partial charge in [-0.3, -0.25) is 9.48 Å². The molecule has 9 nitrogen and oxygen atoms in total. The average molecular weight is 455 g/mol. The van der Waals surface area contributed by atoms with Crippen LogP contribution in [0.3, 0.4) is 0 Å². The molecule has 2 heterocycles. The Bertz CT molecular complexity index is 1130. The van der Waals surface area contributed by atoms with E-state index in [9.17, 15) is 23.5 Å². The number of nitrogens with zero attached hydrogens (tertiary/aromatic N) is 3. The molecule has 30 heavy (non-hydrogen) atoms. The second-order valence-electron chi connectivity index (χ2n) is 6.07. The molecule has 0 fully saturated rings. The quantitative estimate of drug-likeness (QED) is 0.259. The summed E-state index contributed by atoms with van der Waals surface area (Å²) in [6.07, 6.45) is 4.91. The fraction of sp³-hybridized carbons (Fsp3) is 0.294. The first-order valence-electron chi connectivity index (χ1n) is 8.35. The van der Waals surface area contributed by atoms with E-state index >= 15 is 0 Å². The SMILES string of the molecule is CCCOc1ccc(F)c2c(=O)c(-c3cnn(C)c3)cn(COP(=O)([O-])[O-])c12.[Na+].[Na+]. The van der Waals surface area contributed by atoms with Gasteiger partial charge >= 0.3 is 59.1 Å². The van der Waals surface area contributed by atoms with Crippen LogP contribution < -0.4 is 79.1 Å². The normalized spacial score (nSPS) is 11.1. The van der Waals surface area contributed by atoms with Crippen LogP contribution in [0.25, 0.3) is 22.0 Å². The summed E-state index contributed by atoms with van der Waals surface area (Å²) in [6.45, 7) is 1.43. The number of halogens is 1. The summed E-state index contributed by atoms with van der Waals surface area (Å²) in [5, 5.41) is 3.68. The zero-order valence-corrected chi connectivity index (χ0v) is 22.0. The largest absolute Gasteiger partial charge is 1.00 e. The van der Waals surface area contributed by atoms with Gasteiger partial charge in [0.1, 0.15) is 18.3 Å². The standard InChI is InChI=1S/C17H19FN3O6P.2Na/c1-3-6-26-14-5-4-13(18)15-16(14)21(10-27-28(23,24)25)9-12(17(15)22)11-7-19-20(2)8-11;;/h4-5,7-9H,3,6,10H2,1-2H3,(H2,23,24,25);;/q;2*+1/p-2. The molecule has 0 saturated carbocycles. The van der Waals surface area contributed by atoms with Gasteiger partial charge in [-0.2, -0.15) is 5.10 Å². The van der Waals surface area contributed by atoms with Crippen LogP contribution in [-0.2, 0) is 22.9 Å². The fourth-order valence-corrected chi connectivity index (χ4v) is 3.06. The smallest absolute Gasteiger partial charge is 0.790 e. The Hall–Kier alpha value is -0.520. The third-order valence-electron chi connectivity index (χ3n) is 3.97. The predicted octanol–water partition coefficient (Wildman–Crippen LogP) is -4.86. The van der Waals surface area contributed by atoms with Crippen molar-refractivity contribution in [1.82, 2.24) is 14.3 Å². The molecule has 0 aliphatic heterocycles. The van der Waals surface area contributed by atoms with Gasteiger partial charge in [0.05, 0.1) is 31.5 Å². The van der Waals surface area contributed by atoms with Crippen LogP contribution in [-0.4, -0.2) is 21.0 Å². The molecular formula is C17H17FN3Na2O6P. The van der Waals surface area contributed by atoms with Crippen LogP contribution in [0.15, 0.2) is 35.5 Å². The topological polar surface area (TPSA) is 121 Å². The van der Waals surface area contributed by atoms with Crippen molar-refractivity contribution in [3.05, 3.63) is 46.8 Å². The zero-order valence-electron chi connectivity index (χ0n) is 17.1. The Kier molecular flexibility index (Phi) is 10.4. The Morgan fingerprint density at radius 3 is 2.50 bits per heavy atom. The van der Waals surface area contributed by atoms with E-state index in [1.807, 2.05) is 6.92 Å². The maximum absolute atomic E-state index is 14.6. The Balaban J connectivity index is 0.00000225. The maximum Gasteiger partial charge on any atom is 1.00 e. The van der Waals surface area contributed by atoms with Gasteiger partial charge < -0.3 is 28.2 Å². The van der Waals surface area contributed by atoms with Crippen molar-refractivity contribution < 1.29 is 87.1 Å². The number of rotatable bonds is 7. The fourth-order valence-electron chi connectivity index (χ4n) is 2.79. The molecule has 0 amide bonds. The summed E-state index contributed by atoms with van der Waals surface area (Å²) in [6, 6.07) is 2.43. The van der Waals surface area contributed by atoms with Gasteiger partial charge in [-0.25, -0.2) is 4.39 Å². The van der Waals surface area contributed by atoms with Gasteiger partial charge in [0.15, 0.2) is 5.43 Å². The molecule has 0 N–H and O–H groups in total. The predicted molar refractivity (Wildman–Crippen MR) is 94.8 cm³/mol. The molecule has 0 saturated heterocycles. The third-order valence-corrected chi connectivity index (χ3v) is 4.40. The number of aryl methyl sites for hydroxylation is 1. The monoisotopic (exact) mass is 455 g/mol. The summed E-state index contributed by atoms with van der Waals surface area (Å²) in [5.74, 6) is -0.640. The van der Waals surface area contributed by atoms with Crippen molar-refractivity contribution in [1.29, 1.82) is 0 Å². The van der Waals surface area contributed by atoms with Crippen molar-refractivity contribution >= 4 is 18.7 Å². The van der Waals surface area contributed by atoms with Crippen LogP contribution >= 0.6 is 7.82 Å². The molecule has 2 aromatic heterocycles. The van der Waals surface area contributed by atoms with Gasteiger partial charge in [-0.05, 0) is 18.6 Å². The summed E-state index contributed by atoms with van der Waals surface area (Å²) < 4.78 is 38.1. The first-order chi connectivity index (χ1) is 13.2. The van der Waals surface area contributed by atoms with Gasteiger partial charge in [-0.1, -0.05) is 6.92 Å².